The first-order chi connectivity index (χ1) is 14.9. The van der Waals surface area contributed by atoms with E-state index in [4.69, 9.17) is 4.74 Å². The Morgan fingerprint density at radius 2 is 2.16 bits per heavy atom. The molecule has 1 aromatic heterocycles. The third-order valence-corrected chi connectivity index (χ3v) is 6.34. The second-order valence-electron chi connectivity index (χ2n) is 6.82. The number of nitrogens with one attached hydrogen (secondary N) is 1. The molecule has 2 N–H and O–H groups in total. The minimum Gasteiger partial charge on any atom is -0.484 e. The lowest BCUT2D eigenvalue weighted by Gasteiger charge is -2.55. The normalized spacial score (nSPS) is 22.4. The van der Waals surface area contributed by atoms with Crippen LogP contribution in [0.5, 0.6) is 5.75 Å². The third kappa shape index (κ3) is 3.34. The lowest BCUT2D eigenvalue weighted by Crippen LogP contribution is -2.79. The number of thioether (sulfide) groups is 1. The van der Waals surface area contributed by atoms with E-state index >= 15 is 0 Å². The maximum atomic E-state index is 13.1. The molecule has 0 radical (unpaired) electrons. The summed E-state index contributed by atoms with van der Waals surface area (Å²) in [6, 6.07) is 8.77. The summed E-state index contributed by atoms with van der Waals surface area (Å²) in [7, 11) is 1.58. The number of benzene rings is 1. The standard InChI is InChI=1S/C19H18N6O5S/c1-3-19(20-13(26)9-30-11-7-5-4-6-8-11)17(29)25-14(16(27)28)12(10-31-18(19)25)15-21-22-23-24(15)2/h3-8,18H,1,9-10H2,2H3,(H,20,26)(H,27,28)/t18-,19?/m0/s1. The number of amides is 2. The fraction of sp³-hybridized carbons (Fsp3) is 0.263. The van der Waals surface area contributed by atoms with E-state index in [1.165, 1.54) is 22.5 Å². The van der Waals surface area contributed by atoms with Gasteiger partial charge in [0.15, 0.2) is 18.0 Å². The van der Waals surface area contributed by atoms with Gasteiger partial charge in [-0.2, -0.15) is 0 Å². The zero-order chi connectivity index (χ0) is 22.2. The van der Waals surface area contributed by atoms with E-state index in [-0.39, 0.29) is 23.9 Å². The van der Waals surface area contributed by atoms with Crippen molar-refractivity contribution in [1.82, 2.24) is 30.4 Å². The molecule has 0 aliphatic carbocycles. The zero-order valence-electron chi connectivity index (χ0n) is 16.4. The molecule has 0 saturated carbocycles. The summed E-state index contributed by atoms with van der Waals surface area (Å²) in [4.78, 5) is 38.8. The Labute approximate surface area is 180 Å². The molecule has 1 aromatic carbocycles. The van der Waals surface area contributed by atoms with Gasteiger partial charge in [-0.1, -0.05) is 24.3 Å². The van der Waals surface area contributed by atoms with Gasteiger partial charge in [-0.3, -0.25) is 14.5 Å². The first-order valence-corrected chi connectivity index (χ1v) is 10.2. The number of nitrogens with zero attached hydrogens (tertiary/aromatic N) is 5. The van der Waals surface area contributed by atoms with Crippen LogP contribution in [-0.2, 0) is 21.4 Å². The van der Waals surface area contributed by atoms with Crippen molar-refractivity contribution < 1.29 is 24.2 Å². The highest BCUT2D eigenvalue weighted by Gasteiger charge is 2.64. The smallest absolute Gasteiger partial charge is 0.353 e. The fourth-order valence-corrected chi connectivity index (χ4v) is 4.98. The number of aromatic nitrogens is 4. The van der Waals surface area contributed by atoms with Crippen LogP contribution in [0.25, 0.3) is 5.57 Å². The number of carboxylic acid groups (broad SMARTS) is 1. The Bertz CT molecular complexity index is 1100. The van der Waals surface area contributed by atoms with Gasteiger partial charge >= 0.3 is 5.97 Å². The largest absolute Gasteiger partial charge is 0.484 e. The number of hydrogen-bond acceptors (Lipinski definition) is 8. The van der Waals surface area contributed by atoms with Gasteiger partial charge in [-0.25, -0.2) is 9.48 Å². The van der Waals surface area contributed by atoms with Crippen molar-refractivity contribution >= 4 is 35.1 Å². The Kier molecular flexibility index (Phi) is 5.23. The molecule has 2 aliphatic rings. The maximum absolute atomic E-state index is 13.1. The van der Waals surface area contributed by atoms with E-state index < -0.39 is 28.7 Å². The van der Waals surface area contributed by atoms with Gasteiger partial charge in [0.2, 0.25) is 0 Å². The van der Waals surface area contributed by atoms with E-state index in [0.717, 1.165) is 4.90 Å². The highest BCUT2D eigenvalue weighted by Crippen LogP contribution is 2.48. The fourth-order valence-electron chi connectivity index (χ4n) is 3.52. The summed E-state index contributed by atoms with van der Waals surface area (Å²) in [5.74, 6) is -1.41. The Morgan fingerprint density at radius 3 is 2.77 bits per heavy atom. The van der Waals surface area contributed by atoms with Crippen LogP contribution in [0.2, 0.25) is 0 Å². The molecule has 4 rings (SSSR count). The lowest BCUT2D eigenvalue weighted by molar-refractivity contribution is -0.155. The van der Waals surface area contributed by atoms with Crippen LogP contribution in [0.15, 0.2) is 48.7 Å². The number of ether oxygens (including phenoxy) is 1. The number of para-hydroxylation sites is 1. The monoisotopic (exact) mass is 442 g/mol. The van der Waals surface area contributed by atoms with Gasteiger partial charge < -0.3 is 15.2 Å². The number of β-lactam (4-membered cyclic amide) rings is 1. The van der Waals surface area contributed by atoms with Crippen molar-refractivity contribution in [2.24, 2.45) is 7.05 Å². The van der Waals surface area contributed by atoms with Gasteiger partial charge in [0.05, 0.1) is 0 Å². The predicted molar refractivity (Wildman–Crippen MR) is 109 cm³/mol. The molecule has 2 amide bonds. The molecule has 160 valence electrons. The number of tetrazole rings is 1. The van der Waals surface area contributed by atoms with Crippen LogP contribution in [-0.4, -0.2) is 71.3 Å². The highest BCUT2D eigenvalue weighted by atomic mass is 32.2. The van der Waals surface area contributed by atoms with Crippen molar-refractivity contribution in [3.05, 3.63) is 54.5 Å². The van der Waals surface area contributed by atoms with E-state index in [1.54, 1.807) is 31.3 Å². The zero-order valence-corrected chi connectivity index (χ0v) is 17.2. The topological polar surface area (TPSA) is 140 Å². The molecule has 1 unspecified atom stereocenters. The second kappa shape index (κ2) is 7.87. The Morgan fingerprint density at radius 1 is 1.42 bits per heavy atom. The Balaban J connectivity index is 1.56. The summed E-state index contributed by atoms with van der Waals surface area (Å²) in [6.45, 7) is 3.40. The van der Waals surface area contributed by atoms with E-state index in [1.807, 2.05) is 6.07 Å². The number of fused-ring (bicyclic) bond motifs is 1. The lowest BCUT2D eigenvalue weighted by atomic mass is 9.86. The number of carbonyl (C=O) groups excluding carboxylic acids is 2. The first kappa shape index (κ1) is 20.6. The summed E-state index contributed by atoms with van der Waals surface area (Å²) < 4.78 is 6.77. The van der Waals surface area contributed by atoms with Gasteiger partial charge in [0, 0.05) is 18.4 Å². The summed E-state index contributed by atoms with van der Waals surface area (Å²) in [5, 5.41) is 22.9. The van der Waals surface area contributed by atoms with Gasteiger partial charge in [0.25, 0.3) is 11.8 Å². The molecular weight excluding hydrogens is 424 g/mol. The van der Waals surface area contributed by atoms with Crippen molar-refractivity contribution in [3.63, 3.8) is 0 Å². The molecule has 2 aliphatic heterocycles. The van der Waals surface area contributed by atoms with E-state index in [2.05, 4.69) is 27.4 Å². The second-order valence-corrected chi connectivity index (χ2v) is 7.89. The van der Waals surface area contributed by atoms with Crippen molar-refractivity contribution in [3.8, 4) is 5.75 Å². The molecule has 0 spiro atoms. The Hall–Kier alpha value is -3.67. The van der Waals surface area contributed by atoms with Gasteiger partial charge in [-0.15, -0.1) is 23.4 Å². The van der Waals surface area contributed by atoms with Crippen LogP contribution < -0.4 is 10.1 Å². The van der Waals surface area contributed by atoms with E-state index in [9.17, 15) is 19.5 Å². The van der Waals surface area contributed by atoms with Crippen molar-refractivity contribution in [1.29, 1.82) is 0 Å². The number of carbonyl (C=O) groups is 3. The summed E-state index contributed by atoms with van der Waals surface area (Å²) in [5.41, 5.74) is -1.32. The first-order valence-electron chi connectivity index (χ1n) is 9.16. The third-order valence-electron chi connectivity index (χ3n) is 4.98. The predicted octanol–water partition coefficient (Wildman–Crippen LogP) is 0.0409. The number of aliphatic carboxylic acids is 1. The van der Waals surface area contributed by atoms with Crippen LogP contribution in [0.1, 0.15) is 5.82 Å². The number of aryl methyl sites for hydroxylation is 1. The average Bonchev–Trinajstić information content (AvgIpc) is 3.21. The highest BCUT2D eigenvalue weighted by molar-refractivity contribution is 8.00. The van der Waals surface area contributed by atoms with Crippen LogP contribution in [0.3, 0.4) is 0 Å². The van der Waals surface area contributed by atoms with Crippen molar-refractivity contribution in [2.75, 3.05) is 12.4 Å². The number of carboxylic acids is 1. The van der Waals surface area contributed by atoms with Crippen LogP contribution >= 0.6 is 11.8 Å². The molecule has 3 heterocycles. The molecule has 31 heavy (non-hydrogen) atoms. The summed E-state index contributed by atoms with van der Waals surface area (Å²) in [6.07, 6.45) is 1.33. The molecule has 11 nitrogen and oxygen atoms in total. The minimum absolute atomic E-state index is 0.209. The summed E-state index contributed by atoms with van der Waals surface area (Å²) >= 11 is 1.29. The maximum Gasteiger partial charge on any atom is 0.353 e. The van der Waals surface area contributed by atoms with Crippen molar-refractivity contribution in [2.45, 2.75) is 10.9 Å². The molecule has 1 fully saturated rings. The van der Waals surface area contributed by atoms with Gasteiger partial charge in [-0.05, 0) is 22.6 Å². The average molecular weight is 442 g/mol. The minimum atomic E-state index is -1.44. The SMILES string of the molecule is C=CC1(NC(=O)COc2ccccc2)C(=O)N2C(C(=O)O)=C(c3nnnn3C)CS[C@H]21. The molecule has 2 aromatic rings. The number of hydrogen-bond donors (Lipinski definition) is 2. The van der Waals surface area contributed by atoms with Gasteiger partial charge in [0.1, 0.15) is 16.8 Å². The van der Waals surface area contributed by atoms with Crippen LogP contribution in [0, 0.1) is 0 Å². The molecule has 1 saturated heterocycles. The quantitative estimate of drug-likeness (QED) is 0.449. The molecule has 2 atom stereocenters. The van der Waals surface area contributed by atoms with Crippen LogP contribution in [0.4, 0.5) is 0 Å². The molecule has 12 heteroatoms. The van der Waals surface area contributed by atoms with E-state index in [0.29, 0.717) is 11.3 Å². The molecule has 0 bridgehead atoms. The molecular formula is C19H18N6O5S. The number of rotatable bonds is 7.